The van der Waals surface area contributed by atoms with Crippen LogP contribution in [0.25, 0.3) is 0 Å². The first-order valence-corrected chi connectivity index (χ1v) is 8.45. The van der Waals surface area contributed by atoms with E-state index in [1.165, 1.54) is 4.90 Å². The van der Waals surface area contributed by atoms with Gasteiger partial charge in [0.15, 0.2) is 0 Å². The van der Waals surface area contributed by atoms with E-state index in [4.69, 9.17) is 21.4 Å². The average molecular weight is 346 g/mol. The highest BCUT2D eigenvalue weighted by Gasteiger charge is 2.26. The number of halogens is 1. The zero-order valence-electron chi connectivity index (χ0n) is 13.3. The molecule has 0 bridgehead atoms. The van der Waals surface area contributed by atoms with E-state index in [2.05, 4.69) is 0 Å². The smallest absolute Gasteiger partial charge is 0.407 e. The third kappa shape index (κ3) is 4.08. The van der Waals surface area contributed by atoms with Crippen molar-refractivity contribution >= 4 is 17.7 Å². The number of carboxylic acid groups (broad SMARTS) is 1. The Morgan fingerprint density at radius 1 is 1.08 bits per heavy atom. The summed E-state index contributed by atoms with van der Waals surface area (Å²) in [6.07, 6.45) is 0.380. The number of likely N-dealkylation sites (tertiary alicyclic amines) is 1. The minimum atomic E-state index is -0.858. The number of amides is 1. The molecule has 1 aliphatic rings. The molecule has 24 heavy (non-hydrogen) atoms. The van der Waals surface area contributed by atoms with Gasteiger partial charge < -0.3 is 14.7 Å². The molecule has 0 aromatic heterocycles. The second kappa shape index (κ2) is 7.69. The van der Waals surface area contributed by atoms with Gasteiger partial charge in [-0.25, -0.2) is 4.79 Å². The Labute approximate surface area is 146 Å². The first-order chi connectivity index (χ1) is 11.6. The predicted octanol–water partition coefficient (Wildman–Crippen LogP) is 4.59. The van der Waals surface area contributed by atoms with Crippen LogP contribution in [-0.4, -0.2) is 35.3 Å². The lowest BCUT2D eigenvalue weighted by atomic mass is 10.00. The molecule has 1 unspecified atom stereocenters. The molecular formula is C19H20ClNO3. The summed E-state index contributed by atoms with van der Waals surface area (Å²) in [6, 6.07) is 17.7. The van der Waals surface area contributed by atoms with E-state index in [0.717, 1.165) is 11.1 Å². The maximum absolute atomic E-state index is 11.0. The van der Waals surface area contributed by atoms with E-state index in [1.54, 1.807) is 0 Å². The molecule has 2 aromatic rings. The van der Waals surface area contributed by atoms with Crippen LogP contribution < -0.4 is 0 Å². The van der Waals surface area contributed by atoms with E-state index in [1.807, 2.05) is 54.6 Å². The van der Waals surface area contributed by atoms with Gasteiger partial charge >= 0.3 is 6.09 Å². The van der Waals surface area contributed by atoms with Gasteiger partial charge in [-0.05, 0) is 36.1 Å². The molecule has 1 aliphatic heterocycles. The van der Waals surface area contributed by atoms with E-state index >= 15 is 0 Å². The summed E-state index contributed by atoms with van der Waals surface area (Å²) < 4.78 is 6.37. The Morgan fingerprint density at radius 2 is 1.75 bits per heavy atom. The van der Waals surface area contributed by atoms with Gasteiger partial charge in [0, 0.05) is 18.1 Å². The lowest BCUT2D eigenvalue weighted by molar-refractivity contribution is -0.0240. The molecule has 0 saturated carbocycles. The fourth-order valence-electron chi connectivity index (χ4n) is 3.02. The van der Waals surface area contributed by atoms with Gasteiger partial charge in [0.05, 0.1) is 6.10 Å². The van der Waals surface area contributed by atoms with Gasteiger partial charge in [0.25, 0.3) is 0 Å². The van der Waals surface area contributed by atoms with Crippen LogP contribution in [0.3, 0.4) is 0 Å². The molecule has 126 valence electrons. The Balaban J connectivity index is 1.78. The van der Waals surface area contributed by atoms with Crippen molar-refractivity contribution in [1.82, 2.24) is 4.90 Å². The van der Waals surface area contributed by atoms with Crippen LogP contribution in [0.1, 0.15) is 30.1 Å². The Hall–Kier alpha value is -2.04. The minimum absolute atomic E-state index is 0.0322. The lowest BCUT2D eigenvalue weighted by Crippen LogP contribution is -2.40. The summed E-state index contributed by atoms with van der Waals surface area (Å²) in [6.45, 7) is 1.02. The highest BCUT2D eigenvalue weighted by atomic mass is 35.5. The second-order valence-electron chi connectivity index (χ2n) is 5.95. The van der Waals surface area contributed by atoms with Crippen LogP contribution in [0.2, 0.25) is 5.02 Å². The third-order valence-corrected chi connectivity index (χ3v) is 4.53. The van der Waals surface area contributed by atoms with E-state index in [0.29, 0.717) is 31.0 Å². The maximum atomic E-state index is 11.0. The molecular weight excluding hydrogens is 326 g/mol. The highest BCUT2D eigenvalue weighted by molar-refractivity contribution is 6.30. The first-order valence-electron chi connectivity index (χ1n) is 8.07. The summed E-state index contributed by atoms with van der Waals surface area (Å²) in [5.41, 5.74) is 2.08. The number of ether oxygens (including phenoxy) is 1. The van der Waals surface area contributed by atoms with Gasteiger partial charge in [0.2, 0.25) is 0 Å². The molecule has 1 N–H and O–H groups in total. The van der Waals surface area contributed by atoms with Gasteiger partial charge in [-0.1, -0.05) is 54.1 Å². The Morgan fingerprint density at radius 3 is 2.38 bits per heavy atom. The molecule has 3 rings (SSSR count). The second-order valence-corrected chi connectivity index (χ2v) is 6.39. The van der Waals surface area contributed by atoms with Crippen molar-refractivity contribution in [2.75, 3.05) is 13.1 Å². The molecule has 1 saturated heterocycles. The van der Waals surface area contributed by atoms with Gasteiger partial charge in [-0.2, -0.15) is 0 Å². The van der Waals surface area contributed by atoms with Gasteiger partial charge in [-0.15, -0.1) is 0 Å². The first kappa shape index (κ1) is 16.8. The van der Waals surface area contributed by atoms with Gasteiger partial charge in [-0.3, -0.25) is 0 Å². The van der Waals surface area contributed by atoms with Crippen LogP contribution in [0.5, 0.6) is 0 Å². The molecule has 4 nitrogen and oxygen atoms in total. The van der Waals surface area contributed by atoms with E-state index in [-0.39, 0.29) is 12.2 Å². The summed E-state index contributed by atoms with van der Waals surface area (Å²) in [4.78, 5) is 12.5. The van der Waals surface area contributed by atoms with Crippen molar-refractivity contribution < 1.29 is 14.6 Å². The van der Waals surface area contributed by atoms with Crippen LogP contribution in [0, 0.1) is 0 Å². The fraction of sp³-hybridized carbons (Fsp3) is 0.316. The molecule has 1 heterocycles. The molecule has 0 aliphatic carbocycles. The van der Waals surface area contributed by atoms with E-state index < -0.39 is 6.09 Å². The molecule has 0 spiro atoms. The normalized spacial score (nSPS) is 16.8. The van der Waals surface area contributed by atoms with Crippen molar-refractivity contribution in [3.05, 3.63) is 70.7 Å². The molecule has 0 radical (unpaired) electrons. The topological polar surface area (TPSA) is 49.8 Å². The molecule has 5 heteroatoms. The number of hydrogen-bond acceptors (Lipinski definition) is 2. The van der Waals surface area contributed by atoms with Crippen LogP contribution in [-0.2, 0) is 4.74 Å². The zero-order chi connectivity index (χ0) is 16.9. The molecule has 1 amide bonds. The number of rotatable bonds is 4. The number of benzene rings is 2. The maximum Gasteiger partial charge on any atom is 0.407 e. The molecule has 1 fully saturated rings. The lowest BCUT2D eigenvalue weighted by Gasteiger charge is -2.32. The monoisotopic (exact) mass is 345 g/mol. The summed E-state index contributed by atoms with van der Waals surface area (Å²) in [5.74, 6) is 0. The number of piperidine rings is 1. The summed E-state index contributed by atoms with van der Waals surface area (Å²) in [5, 5.41) is 9.74. The number of carbonyl (C=O) groups is 1. The fourth-order valence-corrected chi connectivity index (χ4v) is 3.22. The Kier molecular flexibility index (Phi) is 5.38. The predicted molar refractivity (Wildman–Crippen MR) is 93.4 cm³/mol. The van der Waals surface area contributed by atoms with Crippen molar-refractivity contribution in [3.8, 4) is 0 Å². The third-order valence-electron chi connectivity index (χ3n) is 4.29. The molecule has 1 atom stereocenters. The quantitative estimate of drug-likeness (QED) is 0.881. The molecule has 2 aromatic carbocycles. The number of hydrogen-bond donors (Lipinski definition) is 1. The van der Waals surface area contributed by atoms with Gasteiger partial charge in [0.1, 0.15) is 6.10 Å². The SMILES string of the molecule is O=C(O)N1CCC(OC(c2ccccc2)c2cccc(Cl)c2)CC1. The van der Waals surface area contributed by atoms with Crippen molar-refractivity contribution in [1.29, 1.82) is 0 Å². The van der Waals surface area contributed by atoms with Crippen molar-refractivity contribution in [3.63, 3.8) is 0 Å². The zero-order valence-corrected chi connectivity index (χ0v) is 14.0. The minimum Gasteiger partial charge on any atom is -0.465 e. The summed E-state index contributed by atoms with van der Waals surface area (Å²) in [7, 11) is 0. The highest BCUT2D eigenvalue weighted by Crippen LogP contribution is 2.31. The Bertz CT molecular complexity index is 684. The van der Waals surface area contributed by atoms with E-state index in [9.17, 15) is 4.79 Å². The van der Waals surface area contributed by atoms with Crippen molar-refractivity contribution in [2.45, 2.75) is 25.0 Å². The average Bonchev–Trinajstić information content (AvgIpc) is 2.61. The summed E-state index contributed by atoms with van der Waals surface area (Å²) >= 11 is 6.15. The van der Waals surface area contributed by atoms with Crippen molar-refractivity contribution in [2.24, 2.45) is 0 Å². The van der Waals surface area contributed by atoms with Crippen LogP contribution in [0.4, 0.5) is 4.79 Å². The largest absolute Gasteiger partial charge is 0.465 e. The van der Waals surface area contributed by atoms with Crippen LogP contribution >= 0.6 is 11.6 Å². The standard InChI is InChI=1S/C19H20ClNO3/c20-16-8-4-7-15(13-16)18(14-5-2-1-3-6-14)24-17-9-11-21(12-10-17)19(22)23/h1-8,13,17-18H,9-12H2,(H,22,23). The number of nitrogens with zero attached hydrogens (tertiary/aromatic N) is 1. The van der Waals surface area contributed by atoms with Crippen LogP contribution in [0.15, 0.2) is 54.6 Å².